The maximum Gasteiger partial charge on any atom is 0.244 e. The molecule has 110 valence electrons. The van der Waals surface area contributed by atoms with Gasteiger partial charge in [0.1, 0.15) is 4.90 Å². The molecule has 21 heavy (non-hydrogen) atoms. The van der Waals surface area contributed by atoms with Gasteiger partial charge in [-0.25, -0.2) is 8.42 Å². The number of hydrogen-bond acceptors (Lipinski definition) is 4. The topological polar surface area (TPSA) is 61.2 Å². The molecule has 1 aromatic carbocycles. The van der Waals surface area contributed by atoms with E-state index in [1.807, 2.05) is 6.07 Å². The summed E-state index contributed by atoms with van der Waals surface area (Å²) in [5.41, 5.74) is 0.241. The Morgan fingerprint density at radius 2 is 2.00 bits per heavy atom. The van der Waals surface area contributed by atoms with E-state index in [0.717, 1.165) is 4.88 Å². The van der Waals surface area contributed by atoms with E-state index < -0.39 is 10.0 Å². The molecule has 0 saturated carbocycles. The minimum atomic E-state index is -3.78. The van der Waals surface area contributed by atoms with Crippen molar-refractivity contribution < 1.29 is 8.42 Å². The Balaban J connectivity index is 2.35. The highest BCUT2D eigenvalue weighted by molar-refractivity contribution is 7.89. The molecule has 8 heteroatoms. The summed E-state index contributed by atoms with van der Waals surface area (Å²) in [7, 11) is -2.32. The minimum Gasteiger partial charge on any atom is -0.207 e. The van der Waals surface area contributed by atoms with Gasteiger partial charge in [0.2, 0.25) is 10.0 Å². The third kappa shape index (κ3) is 3.57. The number of rotatable bonds is 4. The van der Waals surface area contributed by atoms with Gasteiger partial charge in [0.15, 0.2) is 0 Å². The highest BCUT2D eigenvalue weighted by Crippen LogP contribution is 2.28. The largest absolute Gasteiger partial charge is 0.244 e. The van der Waals surface area contributed by atoms with Gasteiger partial charge in [0, 0.05) is 18.5 Å². The summed E-state index contributed by atoms with van der Waals surface area (Å²) in [5, 5.41) is 8.97. The van der Waals surface area contributed by atoms with Gasteiger partial charge in [0.25, 0.3) is 0 Å². The van der Waals surface area contributed by atoms with Crippen LogP contribution in [0.4, 0.5) is 0 Å². The number of nitriles is 1. The average Bonchev–Trinajstić information content (AvgIpc) is 2.84. The predicted molar refractivity (Wildman–Crippen MR) is 84.1 cm³/mol. The molecule has 0 amide bonds. The van der Waals surface area contributed by atoms with Crippen molar-refractivity contribution in [2.45, 2.75) is 11.4 Å². The normalized spacial score (nSPS) is 11.6. The van der Waals surface area contributed by atoms with E-state index in [2.05, 4.69) is 0 Å². The van der Waals surface area contributed by atoms with Crippen LogP contribution < -0.4 is 0 Å². The van der Waals surface area contributed by atoms with Crippen molar-refractivity contribution >= 4 is 44.6 Å². The highest BCUT2D eigenvalue weighted by Gasteiger charge is 2.24. The van der Waals surface area contributed by atoms with Crippen LogP contribution in [0.1, 0.15) is 10.4 Å². The van der Waals surface area contributed by atoms with Gasteiger partial charge in [-0.15, -0.1) is 11.3 Å². The smallest absolute Gasteiger partial charge is 0.207 e. The Bertz CT molecular complexity index is 810. The molecular weight excluding hydrogens is 351 g/mol. The standard InChI is InChI=1S/C13H10Cl2N2O2S2/c1-17(8-10-3-5-13(15)20-10)21(18,19)12-6-9(7-16)2-4-11(12)14/h2-6H,8H2,1H3. The van der Waals surface area contributed by atoms with Crippen molar-refractivity contribution in [3.8, 4) is 6.07 Å². The molecule has 2 aromatic rings. The molecule has 0 aliphatic carbocycles. The van der Waals surface area contributed by atoms with Crippen LogP contribution in [0.15, 0.2) is 35.2 Å². The minimum absolute atomic E-state index is 0.0756. The maximum atomic E-state index is 12.5. The Morgan fingerprint density at radius 3 is 2.57 bits per heavy atom. The molecule has 1 aromatic heterocycles. The SMILES string of the molecule is CN(Cc1ccc(Cl)s1)S(=O)(=O)c1cc(C#N)ccc1Cl. The molecule has 0 unspecified atom stereocenters. The molecular formula is C13H10Cl2N2O2S2. The van der Waals surface area contributed by atoms with Gasteiger partial charge in [-0.2, -0.15) is 9.57 Å². The second-order valence-corrected chi connectivity index (χ2v) is 8.44. The molecule has 0 atom stereocenters. The molecule has 0 fully saturated rings. The molecule has 0 spiro atoms. The Hall–Kier alpha value is -1.10. The molecule has 2 rings (SSSR count). The summed E-state index contributed by atoms with van der Waals surface area (Å²) >= 11 is 13.1. The van der Waals surface area contributed by atoms with Crippen LogP contribution >= 0.6 is 34.5 Å². The first-order chi connectivity index (χ1) is 9.84. The summed E-state index contributed by atoms with van der Waals surface area (Å²) in [4.78, 5) is 0.743. The molecule has 4 nitrogen and oxygen atoms in total. The first-order valence-electron chi connectivity index (χ1n) is 5.75. The second-order valence-electron chi connectivity index (χ2n) is 4.22. The quantitative estimate of drug-likeness (QED) is 0.833. The zero-order valence-corrected chi connectivity index (χ0v) is 14.0. The second kappa shape index (κ2) is 6.34. The number of hydrogen-bond donors (Lipinski definition) is 0. The molecule has 0 radical (unpaired) electrons. The lowest BCUT2D eigenvalue weighted by atomic mass is 10.2. The van der Waals surface area contributed by atoms with Crippen molar-refractivity contribution in [1.82, 2.24) is 4.31 Å². The number of thiophene rings is 1. The molecule has 0 aliphatic heterocycles. The number of halogens is 2. The van der Waals surface area contributed by atoms with E-state index in [0.29, 0.717) is 4.34 Å². The number of nitrogens with zero attached hydrogens (tertiary/aromatic N) is 2. The van der Waals surface area contributed by atoms with E-state index >= 15 is 0 Å². The molecule has 0 N–H and O–H groups in total. The van der Waals surface area contributed by atoms with Gasteiger partial charge >= 0.3 is 0 Å². The average molecular weight is 361 g/mol. The van der Waals surface area contributed by atoms with Crippen LogP contribution in [-0.4, -0.2) is 19.8 Å². The highest BCUT2D eigenvalue weighted by atomic mass is 35.5. The van der Waals surface area contributed by atoms with E-state index in [-0.39, 0.29) is 22.0 Å². The fourth-order valence-electron chi connectivity index (χ4n) is 1.68. The lowest BCUT2D eigenvalue weighted by Gasteiger charge is -2.17. The van der Waals surface area contributed by atoms with Crippen molar-refractivity contribution in [3.63, 3.8) is 0 Å². The lowest BCUT2D eigenvalue weighted by molar-refractivity contribution is 0.469. The van der Waals surface area contributed by atoms with Crippen LogP contribution in [0, 0.1) is 11.3 Å². The van der Waals surface area contributed by atoms with Crippen molar-refractivity contribution in [1.29, 1.82) is 5.26 Å². The van der Waals surface area contributed by atoms with E-state index in [9.17, 15) is 8.42 Å². The van der Waals surface area contributed by atoms with Gasteiger partial charge in [-0.3, -0.25) is 0 Å². The van der Waals surface area contributed by atoms with Gasteiger partial charge in [-0.1, -0.05) is 23.2 Å². The fourth-order valence-corrected chi connectivity index (χ4v) is 4.55. The Labute approximate surface area is 137 Å². The lowest BCUT2D eigenvalue weighted by Crippen LogP contribution is -2.26. The summed E-state index contributed by atoms with van der Waals surface area (Å²) in [6.07, 6.45) is 0. The maximum absolute atomic E-state index is 12.5. The fraction of sp³-hybridized carbons (Fsp3) is 0.154. The zero-order chi connectivity index (χ0) is 15.6. The monoisotopic (exact) mass is 360 g/mol. The third-order valence-electron chi connectivity index (χ3n) is 2.76. The van der Waals surface area contributed by atoms with Gasteiger partial charge < -0.3 is 0 Å². The van der Waals surface area contributed by atoms with E-state index in [1.54, 1.807) is 12.1 Å². The van der Waals surface area contributed by atoms with E-state index in [4.69, 9.17) is 28.5 Å². The first-order valence-corrected chi connectivity index (χ1v) is 8.76. The van der Waals surface area contributed by atoms with Crippen molar-refractivity contribution in [3.05, 3.63) is 50.1 Å². The van der Waals surface area contributed by atoms with Crippen molar-refractivity contribution in [2.24, 2.45) is 0 Å². The molecule has 1 heterocycles. The Kier molecular flexibility index (Phi) is 4.91. The number of benzene rings is 1. The summed E-state index contributed by atoms with van der Waals surface area (Å²) < 4.78 is 26.8. The zero-order valence-electron chi connectivity index (χ0n) is 10.9. The number of sulfonamides is 1. The summed E-state index contributed by atoms with van der Waals surface area (Å²) in [6, 6.07) is 9.54. The Morgan fingerprint density at radius 1 is 1.29 bits per heavy atom. The molecule has 0 bridgehead atoms. The summed E-state index contributed by atoms with van der Waals surface area (Å²) in [6.45, 7) is 0.187. The molecule has 0 saturated heterocycles. The van der Waals surface area contributed by atoms with Gasteiger partial charge in [-0.05, 0) is 30.3 Å². The predicted octanol–water partition coefficient (Wildman–Crippen LogP) is 3.75. The van der Waals surface area contributed by atoms with Crippen LogP contribution in [0.3, 0.4) is 0 Å². The molecule has 0 aliphatic rings. The van der Waals surface area contributed by atoms with Crippen LogP contribution in [0.2, 0.25) is 9.36 Å². The van der Waals surface area contributed by atoms with Crippen LogP contribution in [0.5, 0.6) is 0 Å². The third-order valence-corrected chi connectivity index (χ3v) is 6.26. The van der Waals surface area contributed by atoms with Crippen molar-refractivity contribution in [2.75, 3.05) is 7.05 Å². The van der Waals surface area contributed by atoms with E-state index in [1.165, 1.54) is 40.9 Å². The first kappa shape index (κ1) is 16.3. The van der Waals surface area contributed by atoms with Crippen LogP contribution in [0.25, 0.3) is 0 Å². The summed E-state index contributed by atoms with van der Waals surface area (Å²) in [5.74, 6) is 0. The van der Waals surface area contributed by atoms with Gasteiger partial charge in [0.05, 0.1) is 21.0 Å². The van der Waals surface area contributed by atoms with Crippen LogP contribution in [-0.2, 0) is 16.6 Å².